The van der Waals surface area contributed by atoms with Crippen LogP contribution in [0.5, 0.6) is 0 Å². The van der Waals surface area contributed by atoms with Gasteiger partial charge in [0, 0.05) is 19.4 Å². The Morgan fingerprint density at radius 3 is 1.89 bits per heavy atom. The number of hydrogen-bond acceptors (Lipinski definition) is 4. The van der Waals surface area contributed by atoms with E-state index in [1.54, 1.807) is 0 Å². The number of ketones is 1. The molecule has 3 aromatic rings. The van der Waals surface area contributed by atoms with E-state index in [1.165, 1.54) is 10.4 Å². The van der Waals surface area contributed by atoms with Crippen LogP contribution in [-0.2, 0) is 25.3 Å². The standard InChI is InChI=1S/C31H38O4Si/c1-31(2,3)36(29-15-9-5-10-16-29,30-17-11-6-12-18-30)34-24-28-22-26(32)21-27(35-28)19-20-33-23-25-13-7-4-8-14-25/h4-18,27-28H,19-24H2,1-3H3/t27-,28-/m0/s1. The Morgan fingerprint density at radius 1 is 0.806 bits per heavy atom. The fourth-order valence-electron chi connectivity index (χ4n) is 5.19. The quantitative estimate of drug-likeness (QED) is 0.279. The molecule has 1 saturated heterocycles. The Bertz CT molecular complexity index is 1040. The summed E-state index contributed by atoms with van der Waals surface area (Å²) in [6.45, 7) is 8.33. The van der Waals surface area contributed by atoms with Gasteiger partial charge in [0.1, 0.15) is 5.78 Å². The van der Waals surface area contributed by atoms with Crippen molar-refractivity contribution in [3.63, 3.8) is 0 Å². The van der Waals surface area contributed by atoms with Crippen LogP contribution in [0.1, 0.15) is 45.6 Å². The molecule has 5 heteroatoms. The van der Waals surface area contributed by atoms with Crippen molar-refractivity contribution < 1.29 is 18.7 Å². The molecule has 0 bridgehead atoms. The zero-order valence-electron chi connectivity index (χ0n) is 21.7. The molecule has 190 valence electrons. The number of rotatable bonds is 10. The molecule has 0 N–H and O–H groups in total. The van der Waals surface area contributed by atoms with Crippen LogP contribution in [0.2, 0.25) is 5.04 Å². The lowest BCUT2D eigenvalue weighted by atomic mass is 10.0. The van der Waals surface area contributed by atoms with Gasteiger partial charge in [-0.15, -0.1) is 0 Å². The highest BCUT2D eigenvalue weighted by Crippen LogP contribution is 2.37. The van der Waals surface area contributed by atoms with Gasteiger partial charge in [-0.1, -0.05) is 112 Å². The SMILES string of the molecule is CC(C)(C)[Si](OC[C@@H]1CC(=O)C[C@H](CCOCc2ccccc2)O1)(c1ccccc1)c1ccccc1. The number of carbonyl (C=O) groups excluding carboxylic acids is 1. The molecule has 0 unspecified atom stereocenters. The zero-order valence-corrected chi connectivity index (χ0v) is 22.7. The first-order chi connectivity index (χ1) is 17.4. The van der Waals surface area contributed by atoms with E-state index in [0.29, 0.717) is 39.1 Å². The second-order valence-electron chi connectivity index (χ2n) is 10.6. The van der Waals surface area contributed by atoms with Crippen LogP contribution in [-0.4, -0.2) is 39.5 Å². The van der Waals surface area contributed by atoms with Crippen LogP contribution < -0.4 is 10.4 Å². The molecule has 0 amide bonds. The molecular formula is C31H38O4Si. The minimum Gasteiger partial charge on any atom is -0.405 e. The van der Waals surface area contributed by atoms with Crippen molar-refractivity contribution in [2.75, 3.05) is 13.2 Å². The molecule has 0 radical (unpaired) electrons. The smallest absolute Gasteiger partial charge is 0.261 e. The van der Waals surface area contributed by atoms with E-state index < -0.39 is 8.32 Å². The van der Waals surface area contributed by atoms with Gasteiger partial charge in [-0.2, -0.15) is 0 Å². The summed E-state index contributed by atoms with van der Waals surface area (Å²) in [7, 11) is -2.66. The fraction of sp³-hybridized carbons (Fsp3) is 0.387. The summed E-state index contributed by atoms with van der Waals surface area (Å²) < 4.78 is 19.3. The summed E-state index contributed by atoms with van der Waals surface area (Å²) in [5.41, 5.74) is 1.15. The Morgan fingerprint density at radius 2 is 1.33 bits per heavy atom. The van der Waals surface area contributed by atoms with Crippen molar-refractivity contribution in [3.05, 3.63) is 96.6 Å². The lowest BCUT2D eigenvalue weighted by Crippen LogP contribution is -2.67. The molecule has 1 fully saturated rings. The van der Waals surface area contributed by atoms with Crippen molar-refractivity contribution in [2.24, 2.45) is 0 Å². The molecule has 2 atom stereocenters. The van der Waals surface area contributed by atoms with Crippen LogP contribution in [0.4, 0.5) is 0 Å². The molecule has 4 nitrogen and oxygen atoms in total. The van der Waals surface area contributed by atoms with Crippen LogP contribution in [0.3, 0.4) is 0 Å². The van der Waals surface area contributed by atoms with Crippen LogP contribution in [0.25, 0.3) is 0 Å². The molecule has 0 aliphatic carbocycles. The van der Waals surface area contributed by atoms with Crippen molar-refractivity contribution in [1.29, 1.82) is 0 Å². The minimum atomic E-state index is -2.66. The van der Waals surface area contributed by atoms with Gasteiger partial charge in [0.05, 0.1) is 25.4 Å². The van der Waals surface area contributed by atoms with E-state index in [4.69, 9.17) is 13.9 Å². The number of carbonyl (C=O) groups is 1. The highest BCUT2D eigenvalue weighted by atomic mass is 28.4. The molecule has 36 heavy (non-hydrogen) atoms. The molecule has 0 aromatic heterocycles. The molecule has 1 aliphatic rings. The number of Topliss-reactive ketones (excluding diaryl/α,β-unsaturated/α-hetero) is 1. The van der Waals surface area contributed by atoms with E-state index >= 15 is 0 Å². The lowest BCUT2D eigenvalue weighted by Gasteiger charge is -2.44. The molecule has 1 heterocycles. The van der Waals surface area contributed by atoms with Crippen LogP contribution in [0, 0.1) is 0 Å². The van der Waals surface area contributed by atoms with E-state index in [9.17, 15) is 4.79 Å². The predicted molar refractivity (Wildman–Crippen MR) is 147 cm³/mol. The van der Waals surface area contributed by atoms with Gasteiger partial charge in [-0.3, -0.25) is 4.79 Å². The van der Waals surface area contributed by atoms with Gasteiger partial charge in [0.2, 0.25) is 0 Å². The van der Waals surface area contributed by atoms with Gasteiger partial charge in [0.25, 0.3) is 8.32 Å². The third-order valence-corrected chi connectivity index (χ3v) is 11.9. The molecule has 4 rings (SSSR count). The zero-order chi connectivity index (χ0) is 25.4. The van der Waals surface area contributed by atoms with Gasteiger partial charge in [0.15, 0.2) is 0 Å². The summed E-state index contributed by atoms with van der Waals surface area (Å²) in [4.78, 5) is 12.6. The molecule has 1 aliphatic heterocycles. The first-order valence-corrected chi connectivity index (χ1v) is 14.8. The summed E-state index contributed by atoms with van der Waals surface area (Å²) in [5.74, 6) is 0.241. The average Bonchev–Trinajstić information content (AvgIpc) is 2.88. The Balaban J connectivity index is 1.45. The Hall–Kier alpha value is -2.57. The first-order valence-electron chi connectivity index (χ1n) is 12.9. The van der Waals surface area contributed by atoms with E-state index in [0.717, 1.165) is 5.56 Å². The molecule has 0 saturated carbocycles. The largest absolute Gasteiger partial charge is 0.405 e. The van der Waals surface area contributed by atoms with Gasteiger partial charge < -0.3 is 13.9 Å². The van der Waals surface area contributed by atoms with E-state index in [1.807, 2.05) is 30.3 Å². The minimum absolute atomic E-state index is 0.112. The van der Waals surface area contributed by atoms with Crippen molar-refractivity contribution in [3.8, 4) is 0 Å². The first kappa shape index (κ1) is 26.5. The normalized spacial score (nSPS) is 18.8. The average molecular weight is 503 g/mol. The number of ether oxygens (including phenoxy) is 2. The van der Waals surface area contributed by atoms with Crippen LogP contribution in [0.15, 0.2) is 91.0 Å². The van der Waals surface area contributed by atoms with Crippen LogP contribution >= 0.6 is 0 Å². The van der Waals surface area contributed by atoms with Gasteiger partial charge >= 0.3 is 0 Å². The summed E-state index contributed by atoms with van der Waals surface area (Å²) >= 11 is 0. The summed E-state index contributed by atoms with van der Waals surface area (Å²) in [6.07, 6.45) is 1.18. The fourth-order valence-corrected chi connectivity index (χ4v) is 9.78. The highest BCUT2D eigenvalue weighted by Gasteiger charge is 2.50. The van der Waals surface area contributed by atoms with Crippen molar-refractivity contribution in [1.82, 2.24) is 0 Å². The predicted octanol–water partition coefficient (Wildman–Crippen LogP) is 5.29. The van der Waals surface area contributed by atoms with Crippen molar-refractivity contribution >= 4 is 24.5 Å². The topological polar surface area (TPSA) is 44.8 Å². The maximum absolute atomic E-state index is 12.6. The van der Waals surface area contributed by atoms with Crippen molar-refractivity contribution in [2.45, 2.75) is 63.9 Å². The number of hydrogen-bond donors (Lipinski definition) is 0. The Kier molecular flexibility index (Phi) is 8.91. The molecular weight excluding hydrogens is 464 g/mol. The maximum atomic E-state index is 12.6. The molecule has 3 aromatic carbocycles. The highest BCUT2D eigenvalue weighted by molar-refractivity contribution is 6.99. The van der Waals surface area contributed by atoms with Gasteiger partial charge in [-0.05, 0) is 27.4 Å². The van der Waals surface area contributed by atoms with Gasteiger partial charge in [-0.25, -0.2) is 0 Å². The third-order valence-electron chi connectivity index (χ3n) is 6.89. The maximum Gasteiger partial charge on any atom is 0.261 e. The third kappa shape index (κ3) is 6.40. The second-order valence-corrected chi connectivity index (χ2v) is 14.9. The lowest BCUT2D eigenvalue weighted by molar-refractivity contribution is -0.139. The summed E-state index contributed by atoms with van der Waals surface area (Å²) in [5, 5.41) is 2.35. The molecule has 0 spiro atoms. The number of benzene rings is 3. The monoisotopic (exact) mass is 502 g/mol. The van der Waals surface area contributed by atoms with E-state index in [-0.39, 0.29) is 23.0 Å². The Labute approximate surface area is 216 Å². The second kappa shape index (κ2) is 12.1. The van der Waals surface area contributed by atoms with E-state index in [2.05, 4.69) is 81.4 Å². The summed E-state index contributed by atoms with van der Waals surface area (Å²) in [6, 6.07) is 31.3.